The van der Waals surface area contributed by atoms with Gasteiger partial charge in [0, 0.05) is 7.11 Å². The lowest BCUT2D eigenvalue weighted by atomic mass is 9.75. The summed E-state index contributed by atoms with van der Waals surface area (Å²) >= 11 is 0. The van der Waals surface area contributed by atoms with Gasteiger partial charge in [0.15, 0.2) is 0 Å². The van der Waals surface area contributed by atoms with Crippen LogP contribution in [0.3, 0.4) is 0 Å². The van der Waals surface area contributed by atoms with Gasteiger partial charge in [0.05, 0.1) is 6.10 Å². The van der Waals surface area contributed by atoms with E-state index in [1.165, 1.54) is 19.3 Å². The third kappa shape index (κ3) is 2.22. The Kier molecular flexibility index (Phi) is 3.57. The Hall–Kier alpha value is -0.0400. The molecular formula is C11H22O. The molecule has 1 aliphatic carbocycles. The van der Waals surface area contributed by atoms with Gasteiger partial charge >= 0.3 is 0 Å². The molecule has 1 fully saturated rings. The summed E-state index contributed by atoms with van der Waals surface area (Å²) in [5.41, 5.74) is 0. The molecule has 0 aliphatic heterocycles. The molecule has 12 heavy (non-hydrogen) atoms. The van der Waals surface area contributed by atoms with Crippen LogP contribution in [-0.4, -0.2) is 13.2 Å². The van der Waals surface area contributed by atoms with E-state index in [1.807, 2.05) is 7.11 Å². The zero-order chi connectivity index (χ0) is 9.14. The van der Waals surface area contributed by atoms with E-state index in [2.05, 4.69) is 20.8 Å². The number of rotatable bonds is 2. The van der Waals surface area contributed by atoms with Crippen molar-refractivity contribution in [3.63, 3.8) is 0 Å². The van der Waals surface area contributed by atoms with Gasteiger partial charge in [0.25, 0.3) is 0 Å². The Labute approximate surface area is 76.5 Å². The fourth-order valence-electron chi connectivity index (χ4n) is 2.39. The Morgan fingerprint density at radius 2 is 1.92 bits per heavy atom. The smallest absolute Gasteiger partial charge is 0.0604 e. The summed E-state index contributed by atoms with van der Waals surface area (Å²) in [5, 5.41) is 0. The van der Waals surface area contributed by atoms with Crippen molar-refractivity contribution < 1.29 is 4.74 Å². The van der Waals surface area contributed by atoms with Crippen molar-refractivity contribution in [2.75, 3.05) is 7.11 Å². The second-order valence-corrected chi connectivity index (χ2v) is 4.60. The highest BCUT2D eigenvalue weighted by Gasteiger charge is 2.30. The standard InChI is InChI=1S/C11H22O/c1-8(2)10-6-5-9(3)7-11(10)12-4/h8-11H,5-7H2,1-4H3/t9-,10-,11?/m0/s1. The molecule has 0 N–H and O–H groups in total. The fraction of sp³-hybridized carbons (Fsp3) is 1.00. The minimum Gasteiger partial charge on any atom is -0.381 e. The van der Waals surface area contributed by atoms with Gasteiger partial charge < -0.3 is 4.74 Å². The van der Waals surface area contributed by atoms with E-state index in [0.717, 1.165) is 17.8 Å². The molecule has 1 nitrogen and oxygen atoms in total. The molecule has 0 heterocycles. The van der Waals surface area contributed by atoms with Gasteiger partial charge in [-0.05, 0) is 30.6 Å². The molecular weight excluding hydrogens is 148 g/mol. The van der Waals surface area contributed by atoms with Crippen LogP contribution in [0.5, 0.6) is 0 Å². The first-order valence-corrected chi connectivity index (χ1v) is 5.18. The number of hydrogen-bond acceptors (Lipinski definition) is 1. The van der Waals surface area contributed by atoms with E-state index in [0.29, 0.717) is 6.10 Å². The third-order valence-corrected chi connectivity index (χ3v) is 3.26. The summed E-state index contributed by atoms with van der Waals surface area (Å²) in [6.07, 6.45) is 4.54. The topological polar surface area (TPSA) is 9.23 Å². The van der Waals surface area contributed by atoms with Crippen LogP contribution in [0.4, 0.5) is 0 Å². The van der Waals surface area contributed by atoms with Crippen molar-refractivity contribution in [2.45, 2.75) is 46.1 Å². The molecule has 0 spiro atoms. The van der Waals surface area contributed by atoms with Crippen LogP contribution in [0, 0.1) is 17.8 Å². The molecule has 0 aromatic heterocycles. The van der Waals surface area contributed by atoms with E-state index in [1.54, 1.807) is 0 Å². The fourth-order valence-corrected chi connectivity index (χ4v) is 2.39. The van der Waals surface area contributed by atoms with Crippen molar-refractivity contribution in [1.82, 2.24) is 0 Å². The van der Waals surface area contributed by atoms with Crippen LogP contribution >= 0.6 is 0 Å². The van der Waals surface area contributed by atoms with Gasteiger partial charge in [-0.25, -0.2) is 0 Å². The van der Waals surface area contributed by atoms with Gasteiger partial charge in [0.1, 0.15) is 0 Å². The van der Waals surface area contributed by atoms with Gasteiger partial charge in [-0.3, -0.25) is 0 Å². The lowest BCUT2D eigenvalue weighted by Gasteiger charge is -2.36. The Bertz CT molecular complexity index is 131. The normalized spacial score (nSPS) is 37.2. The van der Waals surface area contributed by atoms with Crippen molar-refractivity contribution in [1.29, 1.82) is 0 Å². The van der Waals surface area contributed by atoms with Crippen LogP contribution in [0.25, 0.3) is 0 Å². The van der Waals surface area contributed by atoms with Crippen molar-refractivity contribution in [3.05, 3.63) is 0 Å². The summed E-state index contributed by atoms with van der Waals surface area (Å²) in [7, 11) is 1.86. The summed E-state index contributed by atoms with van der Waals surface area (Å²) in [4.78, 5) is 0. The van der Waals surface area contributed by atoms with Gasteiger partial charge in [-0.1, -0.05) is 27.2 Å². The van der Waals surface area contributed by atoms with E-state index in [-0.39, 0.29) is 0 Å². The Balaban J connectivity index is 2.50. The molecule has 1 unspecified atom stereocenters. The van der Waals surface area contributed by atoms with Crippen LogP contribution in [0.2, 0.25) is 0 Å². The molecule has 0 bridgehead atoms. The van der Waals surface area contributed by atoms with Gasteiger partial charge in [0.2, 0.25) is 0 Å². The van der Waals surface area contributed by atoms with E-state index in [4.69, 9.17) is 4.74 Å². The second kappa shape index (κ2) is 4.27. The first-order valence-electron chi connectivity index (χ1n) is 5.18. The maximum Gasteiger partial charge on any atom is 0.0604 e. The molecule has 1 saturated carbocycles. The average Bonchev–Trinajstić information content (AvgIpc) is 2.03. The minimum absolute atomic E-state index is 0.522. The highest BCUT2D eigenvalue weighted by molar-refractivity contribution is 4.80. The molecule has 0 aromatic carbocycles. The predicted octanol–water partition coefficient (Wildman–Crippen LogP) is 3.09. The van der Waals surface area contributed by atoms with Crippen LogP contribution in [0.1, 0.15) is 40.0 Å². The maximum absolute atomic E-state index is 5.54. The molecule has 0 radical (unpaired) electrons. The second-order valence-electron chi connectivity index (χ2n) is 4.60. The number of hydrogen-bond donors (Lipinski definition) is 0. The van der Waals surface area contributed by atoms with E-state index in [9.17, 15) is 0 Å². The largest absolute Gasteiger partial charge is 0.381 e. The van der Waals surface area contributed by atoms with Crippen LogP contribution in [0.15, 0.2) is 0 Å². The minimum atomic E-state index is 0.522. The lowest BCUT2D eigenvalue weighted by molar-refractivity contribution is -0.00982. The molecule has 0 aromatic rings. The first-order chi connectivity index (χ1) is 5.65. The summed E-state index contributed by atoms with van der Waals surface area (Å²) in [5.74, 6) is 2.44. The molecule has 1 rings (SSSR count). The average molecular weight is 170 g/mol. The monoisotopic (exact) mass is 170 g/mol. The summed E-state index contributed by atoms with van der Waals surface area (Å²) < 4.78 is 5.54. The van der Waals surface area contributed by atoms with Crippen molar-refractivity contribution in [2.24, 2.45) is 17.8 Å². The molecule has 3 atom stereocenters. The molecule has 1 heteroatoms. The summed E-state index contributed by atoms with van der Waals surface area (Å²) in [6, 6.07) is 0. The van der Waals surface area contributed by atoms with Crippen molar-refractivity contribution in [3.8, 4) is 0 Å². The Morgan fingerprint density at radius 3 is 2.42 bits per heavy atom. The SMILES string of the molecule is COC1C[C@@H](C)CC[C@H]1C(C)C. The highest BCUT2D eigenvalue weighted by atomic mass is 16.5. The van der Waals surface area contributed by atoms with E-state index >= 15 is 0 Å². The van der Waals surface area contributed by atoms with Gasteiger partial charge in [-0.2, -0.15) is 0 Å². The predicted molar refractivity (Wildman–Crippen MR) is 52.1 cm³/mol. The third-order valence-electron chi connectivity index (χ3n) is 3.26. The zero-order valence-corrected chi connectivity index (χ0v) is 8.84. The Morgan fingerprint density at radius 1 is 1.25 bits per heavy atom. The quantitative estimate of drug-likeness (QED) is 0.619. The molecule has 72 valence electrons. The number of ether oxygens (including phenoxy) is 1. The van der Waals surface area contributed by atoms with E-state index < -0.39 is 0 Å². The maximum atomic E-state index is 5.54. The summed E-state index contributed by atoms with van der Waals surface area (Å²) in [6.45, 7) is 6.96. The number of methoxy groups -OCH3 is 1. The molecule has 0 saturated heterocycles. The molecule has 1 aliphatic rings. The zero-order valence-electron chi connectivity index (χ0n) is 8.84. The van der Waals surface area contributed by atoms with Crippen LogP contribution < -0.4 is 0 Å². The highest BCUT2D eigenvalue weighted by Crippen LogP contribution is 2.34. The lowest BCUT2D eigenvalue weighted by Crippen LogP contribution is -2.33. The van der Waals surface area contributed by atoms with Crippen LogP contribution in [-0.2, 0) is 4.74 Å². The van der Waals surface area contributed by atoms with Crippen molar-refractivity contribution >= 4 is 0 Å². The van der Waals surface area contributed by atoms with Gasteiger partial charge in [-0.15, -0.1) is 0 Å². The molecule has 0 amide bonds. The first kappa shape index (κ1) is 10.0.